The molecule has 1 aromatic heterocycles. The van der Waals surface area contributed by atoms with Crippen molar-refractivity contribution >= 4 is 45.5 Å². The highest BCUT2D eigenvalue weighted by Gasteiger charge is 2.05. The highest BCUT2D eigenvalue weighted by Crippen LogP contribution is 2.24. The number of benzene rings is 2. The van der Waals surface area contributed by atoms with Gasteiger partial charge in [-0.25, -0.2) is 9.78 Å². The van der Waals surface area contributed by atoms with Crippen molar-refractivity contribution in [3.63, 3.8) is 0 Å². The summed E-state index contributed by atoms with van der Waals surface area (Å²) in [6, 6.07) is 14.0. The Morgan fingerprint density at radius 1 is 1.00 bits per heavy atom. The van der Waals surface area contributed by atoms with Crippen LogP contribution in [0.1, 0.15) is 0 Å². The fourth-order valence-corrected chi connectivity index (χ4v) is 2.67. The van der Waals surface area contributed by atoms with Crippen LogP contribution >= 0.6 is 22.9 Å². The molecule has 7 heteroatoms. The van der Waals surface area contributed by atoms with Crippen LogP contribution in [0.3, 0.4) is 0 Å². The first kappa shape index (κ1) is 15.3. The number of hydrogen-bond acceptors (Lipinski definition) is 4. The average molecular weight is 345 g/mol. The van der Waals surface area contributed by atoms with Gasteiger partial charge >= 0.3 is 6.03 Å². The zero-order chi connectivity index (χ0) is 16.2. The van der Waals surface area contributed by atoms with Crippen molar-refractivity contribution in [2.45, 2.75) is 0 Å². The first-order valence-corrected chi connectivity index (χ1v) is 8.01. The second-order valence-electron chi connectivity index (χ2n) is 4.73. The molecular weight excluding hydrogens is 332 g/mol. The van der Waals surface area contributed by atoms with Gasteiger partial charge in [0.2, 0.25) is 0 Å². The summed E-state index contributed by atoms with van der Waals surface area (Å²) >= 11 is 7.20. The SMILES string of the molecule is Nc1nc(-c2ccc(NC(=O)Nc3ccc(Cl)cc3)cc2)cs1. The summed E-state index contributed by atoms with van der Waals surface area (Å²) in [6.07, 6.45) is 0. The number of nitrogen functional groups attached to an aromatic ring is 1. The summed E-state index contributed by atoms with van der Waals surface area (Å²) in [5, 5.41) is 8.54. The molecule has 0 saturated heterocycles. The molecule has 4 N–H and O–H groups in total. The van der Waals surface area contributed by atoms with Crippen LogP contribution in [0.25, 0.3) is 11.3 Å². The predicted octanol–water partition coefficient (Wildman–Crippen LogP) is 4.69. The zero-order valence-electron chi connectivity index (χ0n) is 11.9. The second kappa shape index (κ2) is 6.68. The maximum Gasteiger partial charge on any atom is 0.323 e. The molecule has 3 aromatic rings. The number of urea groups is 1. The minimum Gasteiger partial charge on any atom is -0.375 e. The minimum absolute atomic E-state index is 0.321. The Morgan fingerprint density at radius 3 is 2.09 bits per heavy atom. The Bertz CT molecular complexity index is 815. The van der Waals surface area contributed by atoms with Gasteiger partial charge in [0, 0.05) is 27.3 Å². The van der Waals surface area contributed by atoms with E-state index < -0.39 is 0 Å². The number of halogens is 1. The lowest BCUT2D eigenvalue weighted by Gasteiger charge is -2.08. The second-order valence-corrected chi connectivity index (χ2v) is 6.06. The van der Waals surface area contributed by atoms with E-state index in [1.807, 2.05) is 29.6 Å². The normalized spacial score (nSPS) is 10.3. The van der Waals surface area contributed by atoms with Crippen LogP contribution in [0, 0.1) is 0 Å². The number of rotatable bonds is 3. The van der Waals surface area contributed by atoms with E-state index in [4.69, 9.17) is 17.3 Å². The number of hydrogen-bond donors (Lipinski definition) is 3. The smallest absolute Gasteiger partial charge is 0.323 e. The van der Waals surface area contributed by atoms with Gasteiger partial charge in [0.05, 0.1) is 5.69 Å². The summed E-state index contributed by atoms with van der Waals surface area (Å²) < 4.78 is 0. The van der Waals surface area contributed by atoms with Crippen molar-refractivity contribution in [1.82, 2.24) is 4.98 Å². The van der Waals surface area contributed by atoms with Gasteiger partial charge in [-0.1, -0.05) is 23.7 Å². The molecule has 1 heterocycles. The molecule has 0 aliphatic heterocycles. The molecule has 0 bridgehead atoms. The van der Waals surface area contributed by atoms with Crippen LogP contribution in [-0.2, 0) is 0 Å². The molecule has 116 valence electrons. The molecule has 0 aliphatic rings. The molecule has 0 fully saturated rings. The van der Waals surface area contributed by atoms with Crippen LogP contribution in [0.4, 0.5) is 21.3 Å². The van der Waals surface area contributed by atoms with Crippen LogP contribution in [0.2, 0.25) is 5.02 Å². The van der Waals surface area contributed by atoms with Crippen molar-refractivity contribution in [1.29, 1.82) is 0 Å². The Morgan fingerprint density at radius 2 is 1.57 bits per heavy atom. The molecule has 5 nitrogen and oxygen atoms in total. The van der Waals surface area contributed by atoms with Gasteiger partial charge in [-0.3, -0.25) is 0 Å². The van der Waals surface area contributed by atoms with Gasteiger partial charge in [0.15, 0.2) is 5.13 Å². The Balaban J connectivity index is 1.63. The van der Waals surface area contributed by atoms with Crippen molar-refractivity contribution in [3.05, 3.63) is 58.9 Å². The summed E-state index contributed by atoms with van der Waals surface area (Å²) in [4.78, 5) is 16.2. The number of anilines is 3. The van der Waals surface area contributed by atoms with Gasteiger partial charge in [0.25, 0.3) is 0 Å². The Labute approximate surface area is 142 Å². The molecule has 0 aliphatic carbocycles. The fourth-order valence-electron chi connectivity index (χ4n) is 1.97. The first-order valence-electron chi connectivity index (χ1n) is 6.75. The van der Waals surface area contributed by atoms with E-state index in [2.05, 4.69) is 15.6 Å². The molecule has 2 aromatic carbocycles. The molecular formula is C16H13ClN4OS. The van der Waals surface area contributed by atoms with E-state index in [1.165, 1.54) is 11.3 Å². The third-order valence-electron chi connectivity index (χ3n) is 3.06. The number of amides is 2. The van der Waals surface area contributed by atoms with E-state index in [-0.39, 0.29) is 6.03 Å². The predicted molar refractivity (Wildman–Crippen MR) is 96.1 cm³/mol. The highest BCUT2D eigenvalue weighted by molar-refractivity contribution is 7.13. The minimum atomic E-state index is -0.321. The van der Waals surface area contributed by atoms with Gasteiger partial charge < -0.3 is 16.4 Å². The molecule has 2 amide bonds. The lowest BCUT2D eigenvalue weighted by Crippen LogP contribution is -2.19. The number of carbonyl (C=O) groups excluding carboxylic acids is 1. The number of thiazole rings is 1. The van der Waals surface area contributed by atoms with E-state index in [0.29, 0.717) is 21.5 Å². The van der Waals surface area contributed by atoms with Crippen molar-refractivity contribution < 1.29 is 4.79 Å². The standard InChI is InChI=1S/C16H13ClN4OS/c17-11-3-7-13(8-4-11)20-16(22)19-12-5-1-10(2-6-12)14-9-23-15(18)21-14/h1-9H,(H2,18,21)(H2,19,20,22). The fraction of sp³-hybridized carbons (Fsp3) is 0. The van der Waals surface area contributed by atoms with Crippen LogP contribution in [-0.4, -0.2) is 11.0 Å². The van der Waals surface area contributed by atoms with Gasteiger partial charge in [-0.15, -0.1) is 11.3 Å². The zero-order valence-corrected chi connectivity index (χ0v) is 13.5. The van der Waals surface area contributed by atoms with Crippen molar-refractivity contribution in [3.8, 4) is 11.3 Å². The molecule has 0 radical (unpaired) electrons. The Hall–Kier alpha value is -2.57. The third kappa shape index (κ3) is 4.00. The molecule has 0 unspecified atom stereocenters. The highest BCUT2D eigenvalue weighted by atomic mass is 35.5. The lowest BCUT2D eigenvalue weighted by atomic mass is 10.1. The van der Waals surface area contributed by atoms with E-state index in [9.17, 15) is 4.79 Å². The maximum atomic E-state index is 11.9. The number of carbonyl (C=O) groups is 1. The molecule has 23 heavy (non-hydrogen) atoms. The van der Waals surface area contributed by atoms with Gasteiger partial charge in [-0.2, -0.15) is 0 Å². The number of nitrogens with one attached hydrogen (secondary N) is 2. The van der Waals surface area contributed by atoms with Gasteiger partial charge in [0.1, 0.15) is 0 Å². The van der Waals surface area contributed by atoms with Gasteiger partial charge in [-0.05, 0) is 36.4 Å². The van der Waals surface area contributed by atoms with Crippen LogP contribution < -0.4 is 16.4 Å². The number of nitrogens with zero attached hydrogens (tertiary/aromatic N) is 1. The Kier molecular flexibility index (Phi) is 4.45. The quantitative estimate of drug-likeness (QED) is 0.644. The van der Waals surface area contributed by atoms with Crippen molar-refractivity contribution in [2.24, 2.45) is 0 Å². The molecule has 0 saturated carbocycles. The molecule has 0 atom stereocenters. The summed E-state index contributed by atoms with van der Waals surface area (Å²) in [7, 11) is 0. The summed E-state index contributed by atoms with van der Waals surface area (Å²) in [6.45, 7) is 0. The topological polar surface area (TPSA) is 80.0 Å². The van der Waals surface area contributed by atoms with Crippen molar-refractivity contribution in [2.75, 3.05) is 16.4 Å². The van der Waals surface area contributed by atoms with E-state index >= 15 is 0 Å². The number of nitrogens with two attached hydrogens (primary N) is 1. The lowest BCUT2D eigenvalue weighted by molar-refractivity contribution is 0.262. The van der Waals surface area contributed by atoms with Crippen LogP contribution in [0.5, 0.6) is 0 Å². The molecule has 3 rings (SSSR count). The van der Waals surface area contributed by atoms with E-state index in [1.54, 1.807) is 24.3 Å². The average Bonchev–Trinajstić information content (AvgIpc) is 2.97. The molecule has 0 spiro atoms. The monoisotopic (exact) mass is 344 g/mol. The van der Waals surface area contributed by atoms with Crippen LogP contribution in [0.15, 0.2) is 53.9 Å². The van der Waals surface area contributed by atoms with E-state index in [0.717, 1.165) is 11.3 Å². The third-order valence-corrected chi connectivity index (χ3v) is 3.99. The largest absolute Gasteiger partial charge is 0.375 e. The summed E-state index contributed by atoms with van der Waals surface area (Å²) in [5.41, 5.74) is 8.75. The maximum absolute atomic E-state index is 11.9. The number of aromatic nitrogens is 1. The summed E-state index contributed by atoms with van der Waals surface area (Å²) in [5.74, 6) is 0. The first-order chi connectivity index (χ1) is 11.1.